The van der Waals surface area contributed by atoms with Crippen molar-refractivity contribution in [2.75, 3.05) is 47.5 Å². The fourth-order valence-electron chi connectivity index (χ4n) is 7.75. The largest absolute Gasteiger partial charge is 0.472 e. The summed E-state index contributed by atoms with van der Waals surface area (Å²) in [7, 11) is 1.42. The van der Waals surface area contributed by atoms with Crippen LogP contribution in [0.5, 0.6) is 0 Å². The van der Waals surface area contributed by atoms with Gasteiger partial charge in [0.05, 0.1) is 27.7 Å². The number of carbonyl (C=O) groups excluding carboxylic acids is 2. The standard InChI is InChI=1S/C74H116NO8P/c1-6-8-10-12-14-16-18-20-22-24-26-28-30-32-33-34-35-36-37-38-39-40-41-43-45-47-49-51-53-55-57-59-61-63-65-67-74(77)83-72(71-82-84(78,79)81-69-68-75(3,4)5)70-80-73(76)66-64-62-60-58-56-54-52-50-48-46-44-42-31-29-27-25-23-21-19-17-15-13-11-9-7-2/h8-11,14-17,20-23,26-29,32-33,35-36,38-39,41-44,47-50,53,55,72H,6-7,12-13,18-19,24-25,30-31,34,37,40,45-46,51-52,54,56-71H2,1-5H3/p+1/b10-8-,11-9-,16-14-,17-15-,22-20-,23-21-,28-26-,29-27-,33-32-,36-35-,39-38-,43-41-,44-42-,49-47-,50-48-,55-53-. The highest BCUT2D eigenvalue weighted by atomic mass is 31.2. The molecule has 0 saturated heterocycles. The lowest BCUT2D eigenvalue weighted by Crippen LogP contribution is -2.37. The van der Waals surface area contributed by atoms with E-state index in [4.69, 9.17) is 18.5 Å². The van der Waals surface area contributed by atoms with Crippen LogP contribution in [-0.4, -0.2) is 74.9 Å². The van der Waals surface area contributed by atoms with Gasteiger partial charge in [0, 0.05) is 12.8 Å². The van der Waals surface area contributed by atoms with Crippen molar-refractivity contribution in [2.24, 2.45) is 0 Å². The summed E-state index contributed by atoms with van der Waals surface area (Å²) >= 11 is 0. The molecule has 1 N–H and O–H groups in total. The second-order valence-corrected chi connectivity index (χ2v) is 23.1. The summed E-state index contributed by atoms with van der Waals surface area (Å²) in [5.74, 6) is -0.862. The molecule has 0 saturated carbocycles. The van der Waals surface area contributed by atoms with Crippen molar-refractivity contribution in [3.05, 3.63) is 194 Å². The van der Waals surface area contributed by atoms with Crippen molar-refractivity contribution in [1.29, 1.82) is 0 Å². The van der Waals surface area contributed by atoms with Crippen LogP contribution in [0.15, 0.2) is 194 Å². The third kappa shape index (κ3) is 66.0. The first-order chi connectivity index (χ1) is 41.0. The second kappa shape index (κ2) is 62.4. The third-order valence-electron chi connectivity index (χ3n) is 12.6. The van der Waals surface area contributed by atoms with Gasteiger partial charge in [-0.15, -0.1) is 0 Å². The zero-order valence-electron chi connectivity index (χ0n) is 53.3. The molecule has 0 fully saturated rings. The number of phosphoric acid groups is 1. The maximum Gasteiger partial charge on any atom is 0.472 e. The lowest BCUT2D eigenvalue weighted by atomic mass is 10.1. The van der Waals surface area contributed by atoms with Crippen molar-refractivity contribution in [3.63, 3.8) is 0 Å². The van der Waals surface area contributed by atoms with Gasteiger partial charge in [0.1, 0.15) is 19.8 Å². The molecule has 0 aliphatic carbocycles. The number of carbonyl (C=O) groups is 2. The molecular weight excluding hydrogens is 1060 g/mol. The first kappa shape index (κ1) is 78.8. The van der Waals surface area contributed by atoms with E-state index in [9.17, 15) is 19.0 Å². The molecule has 84 heavy (non-hydrogen) atoms. The predicted octanol–water partition coefficient (Wildman–Crippen LogP) is 20.9. The molecule has 0 spiro atoms. The van der Waals surface area contributed by atoms with Crippen LogP contribution in [-0.2, 0) is 32.7 Å². The van der Waals surface area contributed by atoms with E-state index in [2.05, 4.69) is 208 Å². The zero-order valence-corrected chi connectivity index (χ0v) is 54.2. The number of rotatable bonds is 56. The predicted molar refractivity (Wildman–Crippen MR) is 362 cm³/mol. The number of allylic oxidation sites excluding steroid dienone is 32. The van der Waals surface area contributed by atoms with Gasteiger partial charge in [-0.05, 0) is 141 Å². The van der Waals surface area contributed by atoms with Gasteiger partial charge >= 0.3 is 19.8 Å². The molecule has 0 heterocycles. The smallest absolute Gasteiger partial charge is 0.462 e. The Labute approximate surface area is 513 Å². The Morgan fingerprint density at radius 2 is 0.643 bits per heavy atom. The minimum Gasteiger partial charge on any atom is -0.462 e. The number of likely N-dealkylation sites (N-methyl/N-ethyl adjacent to an activating group) is 1. The topological polar surface area (TPSA) is 108 Å². The van der Waals surface area contributed by atoms with E-state index in [0.29, 0.717) is 23.9 Å². The summed E-state index contributed by atoms with van der Waals surface area (Å²) in [5, 5.41) is 0. The number of esters is 2. The summed E-state index contributed by atoms with van der Waals surface area (Å²) in [6.45, 7) is 4.12. The summed E-state index contributed by atoms with van der Waals surface area (Å²) in [4.78, 5) is 35.8. The maximum atomic E-state index is 12.8. The number of unbranched alkanes of at least 4 members (excludes halogenated alkanes) is 10. The van der Waals surface area contributed by atoms with Crippen LogP contribution >= 0.6 is 7.82 Å². The van der Waals surface area contributed by atoms with Crippen LogP contribution in [0.3, 0.4) is 0 Å². The van der Waals surface area contributed by atoms with Crippen LogP contribution in [0.1, 0.15) is 206 Å². The quantitative estimate of drug-likeness (QED) is 0.0211. The molecule has 0 rings (SSSR count). The van der Waals surface area contributed by atoms with E-state index < -0.39 is 32.5 Å². The fourth-order valence-corrected chi connectivity index (χ4v) is 8.49. The first-order valence-corrected chi connectivity index (χ1v) is 33.7. The summed E-state index contributed by atoms with van der Waals surface area (Å²) in [6.07, 6.45) is 97.9. The van der Waals surface area contributed by atoms with Crippen molar-refractivity contribution in [1.82, 2.24) is 0 Å². The van der Waals surface area contributed by atoms with E-state index in [1.165, 1.54) is 0 Å². The molecule has 470 valence electrons. The van der Waals surface area contributed by atoms with Gasteiger partial charge in [0.15, 0.2) is 6.10 Å². The Morgan fingerprint density at radius 3 is 0.952 bits per heavy atom. The summed E-state index contributed by atoms with van der Waals surface area (Å²) in [6, 6.07) is 0. The first-order valence-electron chi connectivity index (χ1n) is 32.2. The van der Waals surface area contributed by atoms with Crippen molar-refractivity contribution < 1.29 is 42.1 Å². The Bertz CT molecular complexity index is 2120. The number of hydrogen-bond acceptors (Lipinski definition) is 7. The molecular formula is C74H117NO8P+. The van der Waals surface area contributed by atoms with Crippen LogP contribution in [0, 0.1) is 0 Å². The summed E-state index contributed by atoms with van der Waals surface area (Å²) < 4.78 is 34.6. The highest BCUT2D eigenvalue weighted by molar-refractivity contribution is 7.47. The minimum absolute atomic E-state index is 0.0115. The number of phosphoric ester groups is 1. The maximum absolute atomic E-state index is 12.8. The fraction of sp³-hybridized carbons (Fsp3) is 0.541. The average molecular weight is 1180 g/mol. The van der Waals surface area contributed by atoms with Gasteiger partial charge in [-0.2, -0.15) is 0 Å². The van der Waals surface area contributed by atoms with E-state index in [1.54, 1.807) is 0 Å². The van der Waals surface area contributed by atoms with Gasteiger partial charge in [0.25, 0.3) is 0 Å². The van der Waals surface area contributed by atoms with E-state index >= 15 is 0 Å². The Morgan fingerprint density at radius 1 is 0.369 bits per heavy atom. The zero-order chi connectivity index (χ0) is 61.2. The number of nitrogens with zero attached hydrogens (tertiary/aromatic N) is 1. The van der Waals surface area contributed by atoms with Crippen molar-refractivity contribution in [3.8, 4) is 0 Å². The second-order valence-electron chi connectivity index (χ2n) is 21.7. The molecule has 9 nitrogen and oxygen atoms in total. The molecule has 2 unspecified atom stereocenters. The molecule has 0 bridgehead atoms. The van der Waals surface area contributed by atoms with Crippen LogP contribution in [0.4, 0.5) is 0 Å². The Kier molecular flexibility index (Phi) is 58.6. The molecule has 10 heteroatoms. The van der Waals surface area contributed by atoms with Crippen LogP contribution in [0.25, 0.3) is 0 Å². The monoisotopic (exact) mass is 1180 g/mol. The molecule has 0 aliphatic rings. The number of quaternary nitrogens is 1. The van der Waals surface area contributed by atoms with E-state index in [-0.39, 0.29) is 26.1 Å². The number of hydrogen-bond donors (Lipinski definition) is 1. The van der Waals surface area contributed by atoms with Crippen molar-refractivity contribution >= 4 is 19.8 Å². The lowest BCUT2D eigenvalue weighted by molar-refractivity contribution is -0.870. The molecule has 0 aromatic rings. The van der Waals surface area contributed by atoms with Gasteiger partial charge in [-0.3, -0.25) is 18.6 Å². The van der Waals surface area contributed by atoms with Crippen molar-refractivity contribution in [2.45, 2.75) is 213 Å². The third-order valence-corrected chi connectivity index (χ3v) is 13.6. The average Bonchev–Trinajstić information content (AvgIpc) is 3.61. The van der Waals surface area contributed by atoms with Gasteiger partial charge in [-0.1, -0.05) is 247 Å². The highest BCUT2D eigenvalue weighted by Crippen LogP contribution is 2.43. The Hall–Kier alpha value is -5.15. The molecule has 2 atom stereocenters. The minimum atomic E-state index is -4.42. The normalized spacial score (nSPS) is 14.5. The van der Waals surface area contributed by atoms with Crippen LogP contribution in [0.2, 0.25) is 0 Å². The van der Waals surface area contributed by atoms with E-state index in [1.807, 2.05) is 21.1 Å². The highest BCUT2D eigenvalue weighted by Gasteiger charge is 2.27. The number of ether oxygens (including phenoxy) is 2. The molecule has 0 aliphatic heterocycles. The molecule has 0 aromatic heterocycles. The van der Waals surface area contributed by atoms with Gasteiger partial charge < -0.3 is 18.9 Å². The van der Waals surface area contributed by atoms with Crippen LogP contribution < -0.4 is 0 Å². The Balaban J connectivity index is 4.28. The lowest BCUT2D eigenvalue weighted by Gasteiger charge is -2.24. The van der Waals surface area contributed by atoms with Gasteiger partial charge in [-0.25, -0.2) is 4.57 Å². The van der Waals surface area contributed by atoms with Gasteiger partial charge in [0.2, 0.25) is 0 Å². The van der Waals surface area contributed by atoms with E-state index in [0.717, 1.165) is 167 Å². The SMILES string of the molecule is CC/C=C\C/C=C\C/C=C\C/C=C\C/C=C\C/C=C\C/C=C\C/C=C\C/C=C\C/C=C\CCCCCCC(=O)OC(COC(=O)CCCCCCCC/C=C\C/C=C\C/C=C\C/C=C\C/C=C\C/C=C\CC)COP(=O)(O)OCC[N+](C)(C)C. The summed E-state index contributed by atoms with van der Waals surface area (Å²) in [5.41, 5.74) is 0. The molecule has 0 aromatic carbocycles. The molecule has 0 amide bonds. The molecule has 0 radical (unpaired) electrons.